The number of alkyl halides is 1. The Morgan fingerprint density at radius 3 is 3.00 bits per heavy atom. The van der Waals surface area contributed by atoms with Gasteiger partial charge in [-0.2, -0.15) is 5.10 Å². The molecule has 0 amide bonds. The minimum Gasteiger partial charge on any atom is -0.464 e. The fourth-order valence-electron chi connectivity index (χ4n) is 0.925. The van der Waals surface area contributed by atoms with Gasteiger partial charge in [0.05, 0.1) is 13.0 Å². The molecule has 82 valence electrons. The lowest BCUT2D eigenvalue weighted by atomic mass is 10.4. The van der Waals surface area contributed by atoms with Crippen molar-refractivity contribution in [2.24, 2.45) is 10.8 Å². The van der Waals surface area contributed by atoms with E-state index in [0.717, 1.165) is 0 Å². The first kappa shape index (κ1) is 12.1. The van der Waals surface area contributed by atoms with E-state index in [2.05, 4.69) is 25.8 Å². The zero-order valence-corrected chi connectivity index (χ0v) is 10.2. The molecule has 0 radical (unpaired) electrons. The number of hydrogen-bond donors (Lipinski definition) is 1. The highest BCUT2D eigenvalue weighted by Gasteiger charge is 2.13. The normalized spacial score (nSPS) is 11.5. The molecule has 1 aromatic heterocycles. The molecule has 0 fully saturated rings. The van der Waals surface area contributed by atoms with Gasteiger partial charge in [-0.15, -0.1) is 11.6 Å². The minimum atomic E-state index is -0.494. The summed E-state index contributed by atoms with van der Waals surface area (Å²) in [6, 6.07) is 1.58. The SMILES string of the molecule is COC(=O)c1cc(Br)cn1/N=C(/N)CCl. The Hall–Kier alpha value is -1.01. The van der Waals surface area contributed by atoms with Gasteiger partial charge in [-0.25, -0.2) is 9.47 Å². The highest BCUT2D eigenvalue weighted by atomic mass is 79.9. The molecular weight excluding hydrogens is 285 g/mol. The molecule has 0 aromatic carbocycles. The van der Waals surface area contributed by atoms with E-state index in [1.165, 1.54) is 11.8 Å². The molecule has 0 aliphatic heterocycles. The maximum absolute atomic E-state index is 11.3. The summed E-state index contributed by atoms with van der Waals surface area (Å²) in [5.74, 6) is -0.187. The summed E-state index contributed by atoms with van der Waals surface area (Å²) in [4.78, 5) is 11.3. The monoisotopic (exact) mass is 293 g/mol. The average molecular weight is 295 g/mol. The number of ether oxygens (including phenoxy) is 1. The van der Waals surface area contributed by atoms with Crippen LogP contribution in [0.5, 0.6) is 0 Å². The summed E-state index contributed by atoms with van der Waals surface area (Å²) in [5.41, 5.74) is 5.73. The number of rotatable bonds is 3. The van der Waals surface area contributed by atoms with E-state index in [1.54, 1.807) is 12.3 Å². The van der Waals surface area contributed by atoms with Crippen LogP contribution in [0.25, 0.3) is 0 Å². The number of nitrogens with two attached hydrogens (primary N) is 1. The largest absolute Gasteiger partial charge is 0.464 e. The number of halogens is 2. The smallest absolute Gasteiger partial charge is 0.356 e. The van der Waals surface area contributed by atoms with Gasteiger partial charge in [-0.05, 0) is 22.0 Å². The fraction of sp³-hybridized carbons (Fsp3) is 0.250. The third-order valence-electron chi connectivity index (χ3n) is 1.53. The van der Waals surface area contributed by atoms with Crippen molar-refractivity contribution in [2.45, 2.75) is 0 Å². The minimum absolute atomic E-state index is 0.0937. The van der Waals surface area contributed by atoms with Crippen LogP contribution in [0.1, 0.15) is 10.5 Å². The van der Waals surface area contributed by atoms with E-state index in [4.69, 9.17) is 17.3 Å². The Kier molecular flexibility index (Phi) is 4.16. The lowest BCUT2D eigenvalue weighted by molar-refractivity contribution is 0.0589. The molecule has 7 heteroatoms. The lowest BCUT2D eigenvalue weighted by Crippen LogP contribution is -2.17. The van der Waals surface area contributed by atoms with Gasteiger partial charge in [0.2, 0.25) is 0 Å². The van der Waals surface area contributed by atoms with Gasteiger partial charge in [-0.1, -0.05) is 0 Å². The van der Waals surface area contributed by atoms with Crippen molar-refractivity contribution >= 4 is 39.3 Å². The summed E-state index contributed by atoms with van der Waals surface area (Å²) in [6.45, 7) is 0. The highest BCUT2D eigenvalue weighted by molar-refractivity contribution is 9.10. The lowest BCUT2D eigenvalue weighted by Gasteiger charge is -2.01. The molecule has 2 N–H and O–H groups in total. The van der Waals surface area contributed by atoms with Gasteiger partial charge < -0.3 is 10.5 Å². The molecule has 0 spiro atoms. The zero-order valence-electron chi connectivity index (χ0n) is 7.91. The van der Waals surface area contributed by atoms with Crippen LogP contribution in [-0.2, 0) is 4.74 Å². The van der Waals surface area contributed by atoms with Gasteiger partial charge in [0.15, 0.2) is 5.69 Å². The van der Waals surface area contributed by atoms with E-state index < -0.39 is 5.97 Å². The van der Waals surface area contributed by atoms with Crippen molar-refractivity contribution in [3.8, 4) is 0 Å². The van der Waals surface area contributed by atoms with Crippen LogP contribution in [0.15, 0.2) is 21.8 Å². The molecule has 0 saturated heterocycles. The van der Waals surface area contributed by atoms with Gasteiger partial charge in [0.25, 0.3) is 0 Å². The third-order valence-corrected chi connectivity index (χ3v) is 2.24. The second kappa shape index (κ2) is 5.18. The molecular formula is C8H9BrClN3O2. The molecule has 0 bridgehead atoms. The number of carbonyl (C=O) groups excluding carboxylic acids is 1. The topological polar surface area (TPSA) is 69.6 Å². The first-order valence-corrected chi connectivity index (χ1v) is 5.26. The Labute approximate surface area is 100.0 Å². The fourth-order valence-corrected chi connectivity index (χ4v) is 1.39. The number of nitrogens with zero attached hydrogens (tertiary/aromatic N) is 2. The predicted octanol–water partition coefficient (Wildman–Crippen LogP) is 1.40. The molecule has 0 unspecified atom stereocenters. The Morgan fingerprint density at radius 1 is 1.80 bits per heavy atom. The van der Waals surface area contributed by atoms with Crippen molar-refractivity contribution in [3.05, 3.63) is 22.4 Å². The number of methoxy groups -OCH3 is 1. The summed E-state index contributed by atoms with van der Waals surface area (Å²) in [5, 5.41) is 3.92. The van der Waals surface area contributed by atoms with Gasteiger partial charge in [0, 0.05) is 10.7 Å². The molecule has 0 aliphatic carbocycles. The Balaban J connectivity index is 3.12. The van der Waals surface area contributed by atoms with E-state index in [9.17, 15) is 4.79 Å². The molecule has 5 nitrogen and oxygen atoms in total. The summed E-state index contributed by atoms with van der Waals surface area (Å²) in [7, 11) is 1.29. The van der Waals surface area contributed by atoms with Crippen LogP contribution in [0.2, 0.25) is 0 Å². The number of hydrogen-bond acceptors (Lipinski definition) is 3. The zero-order chi connectivity index (χ0) is 11.4. The first-order chi connectivity index (χ1) is 7.08. The summed E-state index contributed by atoms with van der Waals surface area (Å²) >= 11 is 8.70. The Morgan fingerprint density at radius 2 is 2.47 bits per heavy atom. The number of carbonyl (C=O) groups is 1. The van der Waals surface area contributed by atoms with E-state index in [0.29, 0.717) is 4.47 Å². The van der Waals surface area contributed by atoms with Crippen molar-refractivity contribution in [3.63, 3.8) is 0 Å². The number of esters is 1. The van der Waals surface area contributed by atoms with E-state index in [-0.39, 0.29) is 17.4 Å². The standard InChI is InChI=1S/C8H9BrClN3O2/c1-15-8(14)6-2-5(9)4-13(6)12-7(11)3-10/h2,4H,3H2,1H3,(H2,11,12). The van der Waals surface area contributed by atoms with Gasteiger partial charge in [0.1, 0.15) is 5.84 Å². The maximum Gasteiger partial charge on any atom is 0.356 e. The molecule has 1 rings (SSSR count). The molecule has 0 saturated carbocycles. The van der Waals surface area contributed by atoms with Crippen molar-refractivity contribution in [2.75, 3.05) is 13.0 Å². The van der Waals surface area contributed by atoms with E-state index >= 15 is 0 Å². The number of aromatic nitrogens is 1. The van der Waals surface area contributed by atoms with Crippen LogP contribution in [-0.4, -0.2) is 29.5 Å². The van der Waals surface area contributed by atoms with E-state index in [1.807, 2.05) is 0 Å². The van der Waals surface area contributed by atoms with Crippen molar-refractivity contribution in [1.82, 2.24) is 4.68 Å². The number of amidine groups is 1. The van der Waals surface area contributed by atoms with Crippen LogP contribution in [0.3, 0.4) is 0 Å². The van der Waals surface area contributed by atoms with Crippen LogP contribution >= 0.6 is 27.5 Å². The molecule has 1 aromatic rings. The predicted molar refractivity (Wildman–Crippen MR) is 61.2 cm³/mol. The van der Waals surface area contributed by atoms with Crippen molar-refractivity contribution < 1.29 is 9.53 Å². The second-order valence-electron chi connectivity index (χ2n) is 2.60. The molecule has 0 aliphatic rings. The molecule has 0 atom stereocenters. The quantitative estimate of drug-likeness (QED) is 0.396. The molecule has 15 heavy (non-hydrogen) atoms. The van der Waals surface area contributed by atoms with Crippen molar-refractivity contribution in [1.29, 1.82) is 0 Å². The van der Waals surface area contributed by atoms with Crippen LogP contribution < -0.4 is 5.73 Å². The Bertz CT molecular complexity index is 403. The molecule has 1 heterocycles. The van der Waals surface area contributed by atoms with Crippen LogP contribution in [0, 0.1) is 0 Å². The summed E-state index contributed by atoms with van der Waals surface area (Å²) < 4.78 is 6.60. The maximum atomic E-state index is 11.3. The van der Waals surface area contributed by atoms with Crippen LogP contribution in [0.4, 0.5) is 0 Å². The third kappa shape index (κ3) is 2.97. The average Bonchev–Trinajstić information content (AvgIpc) is 2.58. The van der Waals surface area contributed by atoms with Gasteiger partial charge in [-0.3, -0.25) is 0 Å². The highest BCUT2D eigenvalue weighted by Crippen LogP contribution is 2.15. The van der Waals surface area contributed by atoms with Gasteiger partial charge >= 0.3 is 5.97 Å². The second-order valence-corrected chi connectivity index (χ2v) is 3.79. The first-order valence-electron chi connectivity index (χ1n) is 3.94. The summed E-state index contributed by atoms with van der Waals surface area (Å²) in [6.07, 6.45) is 1.59.